The van der Waals surface area contributed by atoms with Crippen molar-refractivity contribution < 1.29 is 24.1 Å². The lowest BCUT2D eigenvalue weighted by Crippen LogP contribution is -2.38. The number of rotatable bonds is 4. The quantitative estimate of drug-likeness (QED) is 0.606. The van der Waals surface area contributed by atoms with E-state index in [4.69, 9.17) is 9.47 Å². The Kier molecular flexibility index (Phi) is 4.40. The van der Waals surface area contributed by atoms with Gasteiger partial charge in [-0.25, -0.2) is 0 Å². The number of hydrogen-bond donors (Lipinski definition) is 0. The normalized spacial score (nSPS) is 12.7. The van der Waals surface area contributed by atoms with Crippen LogP contribution in [0.25, 0.3) is 0 Å². The molecule has 0 atom stereocenters. The number of ether oxygens (including phenoxy) is 2. The first-order valence-electron chi connectivity index (χ1n) is 7.48. The number of hydrogen-bond acceptors (Lipinski definition) is 7. The maximum atomic E-state index is 12.9. The van der Waals surface area contributed by atoms with Crippen LogP contribution >= 0.6 is 0 Å². The molecule has 134 valence electrons. The van der Waals surface area contributed by atoms with Crippen molar-refractivity contribution in [2.45, 2.75) is 0 Å². The monoisotopic (exact) mass is 359 g/mol. The highest BCUT2D eigenvalue weighted by Gasteiger charge is 2.28. The third kappa shape index (κ3) is 2.99. The minimum atomic E-state index is -0.645. The Morgan fingerprint density at radius 1 is 1.15 bits per heavy atom. The van der Waals surface area contributed by atoms with Crippen LogP contribution in [0.5, 0.6) is 11.5 Å². The third-order valence-electron chi connectivity index (χ3n) is 3.88. The molecule has 1 aliphatic rings. The van der Waals surface area contributed by atoms with Gasteiger partial charge >= 0.3 is 5.69 Å². The summed E-state index contributed by atoms with van der Waals surface area (Å²) in [7, 11) is 1.29. The second-order valence-electron chi connectivity index (χ2n) is 5.36. The number of carbonyl (C=O) groups excluding carboxylic acids is 1. The van der Waals surface area contributed by atoms with Gasteiger partial charge in [0.2, 0.25) is 0 Å². The molecule has 0 unspecified atom stereocenters. The molecule has 1 aliphatic heterocycles. The van der Waals surface area contributed by atoms with Crippen molar-refractivity contribution in [1.82, 2.24) is 0 Å². The predicted molar refractivity (Wildman–Crippen MR) is 89.9 cm³/mol. The standard InChI is InChI=1S/C16H13N3O7/c1-25-14-4-2-10(8-13(14)19(23)24)16(20)17-6-7-26-15-5-3-11(18(21)22)9-12(15)17/h2-5,8-9H,6-7H2,1H3. The Morgan fingerprint density at radius 3 is 2.58 bits per heavy atom. The lowest BCUT2D eigenvalue weighted by atomic mass is 10.1. The SMILES string of the molecule is COc1ccc(C(=O)N2CCOc3ccc([N+](=O)[O-])cc32)cc1[N+](=O)[O-]. The van der Waals surface area contributed by atoms with E-state index >= 15 is 0 Å². The van der Waals surface area contributed by atoms with Crippen LogP contribution in [0, 0.1) is 20.2 Å². The maximum Gasteiger partial charge on any atom is 0.311 e. The lowest BCUT2D eigenvalue weighted by Gasteiger charge is -2.29. The summed E-state index contributed by atoms with van der Waals surface area (Å²) in [5, 5.41) is 22.2. The summed E-state index contributed by atoms with van der Waals surface area (Å²) in [6, 6.07) is 7.80. The lowest BCUT2D eigenvalue weighted by molar-refractivity contribution is -0.385. The summed E-state index contributed by atoms with van der Waals surface area (Å²) in [6.07, 6.45) is 0. The van der Waals surface area contributed by atoms with E-state index in [9.17, 15) is 25.0 Å². The van der Waals surface area contributed by atoms with E-state index in [0.29, 0.717) is 5.75 Å². The fraction of sp³-hybridized carbons (Fsp3) is 0.188. The van der Waals surface area contributed by atoms with Gasteiger partial charge in [-0.1, -0.05) is 0 Å². The highest BCUT2D eigenvalue weighted by atomic mass is 16.6. The molecule has 0 bridgehead atoms. The number of nitrogens with zero attached hydrogens (tertiary/aromatic N) is 3. The average molecular weight is 359 g/mol. The number of amides is 1. The van der Waals surface area contributed by atoms with Gasteiger partial charge in [0.25, 0.3) is 11.6 Å². The highest BCUT2D eigenvalue weighted by Crippen LogP contribution is 2.36. The molecule has 2 aromatic rings. The van der Waals surface area contributed by atoms with Crippen LogP contribution in [-0.4, -0.2) is 36.0 Å². The van der Waals surface area contributed by atoms with Crippen molar-refractivity contribution in [3.8, 4) is 11.5 Å². The van der Waals surface area contributed by atoms with Crippen LogP contribution in [0.2, 0.25) is 0 Å². The zero-order chi connectivity index (χ0) is 18.8. The van der Waals surface area contributed by atoms with Crippen LogP contribution in [-0.2, 0) is 0 Å². The minimum absolute atomic E-state index is 0.0320. The smallest absolute Gasteiger partial charge is 0.311 e. The van der Waals surface area contributed by atoms with Crippen LogP contribution in [0.15, 0.2) is 36.4 Å². The molecule has 0 spiro atoms. The van der Waals surface area contributed by atoms with Gasteiger partial charge < -0.3 is 14.4 Å². The molecule has 0 aliphatic carbocycles. The number of nitro benzene ring substituents is 2. The molecule has 0 saturated carbocycles. The van der Waals surface area contributed by atoms with Crippen molar-refractivity contribution in [2.24, 2.45) is 0 Å². The van der Waals surface area contributed by atoms with E-state index in [1.165, 1.54) is 42.3 Å². The maximum absolute atomic E-state index is 12.9. The van der Waals surface area contributed by atoms with Gasteiger partial charge in [-0.15, -0.1) is 0 Å². The Balaban J connectivity index is 2.02. The summed E-state index contributed by atoms with van der Waals surface area (Å²) in [4.78, 5) is 35.1. The zero-order valence-electron chi connectivity index (χ0n) is 13.6. The van der Waals surface area contributed by atoms with Gasteiger partial charge in [0.15, 0.2) is 5.75 Å². The number of benzene rings is 2. The van der Waals surface area contributed by atoms with E-state index < -0.39 is 15.8 Å². The molecule has 0 aromatic heterocycles. The molecule has 10 nitrogen and oxygen atoms in total. The van der Waals surface area contributed by atoms with Crippen LogP contribution in [0.4, 0.5) is 17.1 Å². The fourth-order valence-electron chi connectivity index (χ4n) is 2.65. The second-order valence-corrected chi connectivity index (χ2v) is 5.36. The molecule has 0 radical (unpaired) electrons. The Hall–Kier alpha value is -3.69. The van der Waals surface area contributed by atoms with Crippen molar-refractivity contribution in [3.05, 3.63) is 62.2 Å². The molecule has 0 N–H and O–H groups in total. The van der Waals surface area contributed by atoms with Crippen LogP contribution in [0.1, 0.15) is 10.4 Å². The molecule has 26 heavy (non-hydrogen) atoms. The van der Waals surface area contributed by atoms with Crippen LogP contribution in [0.3, 0.4) is 0 Å². The summed E-state index contributed by atoms with van der Waals surface area (Å²) in [5.74, 6) is -0.163. The largest absolute Gasteiger partial charge is 0.490 e. The first kappa shape index (κ1) is 17.1. The van der Waals surface area contributed by atoms with Gasteiger partial charge in [0.1, 0.15) is 12.4 Å². The van der Waals surface area contributed by atoms with E-state index in [0.717, 1.165) is 6.07 Å². The summed E-state index contributed by atoms with van der Waals surface area (Å²) in [6.45, 7) is 0.363. The number of fused-ring (bicyclic) bond motifs is 1. The molecule has 0 fully saturated rings. The number of nitro groups is 2. The topological polar surface area (TPSA) is 125 Å². The third-order valence-corrected chi connectivity index (χ3v) is 3.88. The first-order chi connectivity index (χ1) is 12.4. The summed E-state index contributed by atoms with van der Waals surface area (Å²) in [5.41, 5.74) is -0.218. The highest BCUT2D eigenvalue weighted by molar-refractivity contribution is 6.07. The zero-order valence-corrected chi connectivity index (χ0v) is 13.6. The van der Waals surface area contributed by atoms with Crippen molar-refractivity contribution in [2.75, 3.05) is 25.2 Å². The van der Waals surface area contributed by atoms with Gasteiger partial charge in [0.05, 0.1) is 29.2 Å². The van der Waals surface area contributed by atoms with E-state index in [1.807, 2.05) is 0 Å². The molecule has 10 heteroatoms. The number of carbonyl (C=O) groups is 1. The van der Waals surface area contributed by atoms with Gasteiger partial charge in [-0.3, -0.25) is 25.0 Å². The molecular formula is C16H13N3O7. The van der Waals surface area contributed by atoms with Crippen molar-refractivity contribution in [1.29, 1.82) is 0 Å². The summed E-state index contributed by atoms with van der Waals surface area (Å²) < 4.78 is 10.4. The van der Waals surface area contributed by atoms with Crippen LogP contribution < -0.4 is 14.4 Å². The number of non-ortho nitro benzene ring substituents is 1. The molecule has 1 heterocycles. The molecule has 0 saturated heterocycles. The van der Waals surface area contributed by atoms with Gasteiger partial charge in [-0.2, -0.15) is 0 Å². The van der Waals surface area contributed by atoms with Crippen molar-refractivity contribution in [3.63, 3.8) is 0 Å². The Bertz CT molecular complexity index is 913. The van der Waals surface area contributed by atoms with Crippen molar-refractivity contribution >= 4 is 23.0 Å². The molecular weight excluding hydrogens is 346 g/mol. The minimum Gasteiger partial charge on any atom is -0.490 e. The van der Waals surface area contributed by atoms with E-state index in [1.54, 1.807) is 0 Å². The molecule has 2 aromatic carbocycles. The van der Waals surface area contributed by atoms with Gasteiger partial charge in [0, 0.05) is 23.8 Å². The Labute approximate surface area is 146 Å². The van der Waals surface area contributed by atoms with Gasteiger partial charge in [-0.05, 0) is 18.2 Å². The number of anilines is 1. The molecule has 1 amide bonds. The van der Waals surface area contributed by atoms with E-state index in [-0.39, 0.29) is 41.5 Å². The molecule has 3 rings (SSSR count). The second kappa shape index (κ2) is 6.67. The summed E-state index contributed by atoms with van der Waals surface area (Å²) >= 11 is 0. The predicted octanol–water partition coefficient (Wildman–Crippen LogP) is 2.55. The average Bonchev–Trinajstić information content (AvgIpc) is 2.65. The first-order valence-corrected chi connectivity index (χ1v) is 7.48. The fourth-order valence-corrected chi connectivity index (χ4v) is 2.65. The van der Waals surface area contributed by atoms with E-state index in [2.05, 4.69) is 0 Å². The Morgan fingerprint density at radius 2 is 1.92 bits per heavy atom. The number of methoxy groups -OCH3 is 1.